The Hall–Kier alpha value is -3.37. The van der Waals surface area contributed by atoms with Gasteiger partial charge in [0.15, 0.2) is 5.13 Å². The van der Waals surface area contributed by atoms with E-state index in [0.717, 1.165) is 28.0 Å². The maximum atomic E-state index is 13.0. The van der Waals surface area contributed by atoms with E-state index >= 15 is 0 Å². The molecule has 0 fully saturated rings. The number of benzene rings is 1. The van der Waals surface area contributed by atoms with Gasteiger partial charge in [-0.1, -0.05) is 41.2 Å². The molecular weight excluding hydrogens is 422 g/mol. The topological polar surface area (TPSA) is 120 Å². The summed E-state index contributed by atoms with van der Waals surface area (Å²) in [6.07, 6.45) is 2.83. The molecule has 3 N–H and O–H groups in total. The first kappa shape index (κ1) is 19.9. The molecule has 10 heteroatoms. The average molecular weight is 440 g/mol. The minimum Gasteiger partial charge on any atom is -0.365 e. The highest BCUT2D eigenvalue weighted by molar-refractivity contribution is 7.17. The molecule has 3 heterocycles. The van der Waals surface area contributed by atoms with Gasteiger partial charge >= 0.3 is 0 Å². The predicted molar refractivity (Wildman–Crippen MR) is 118 cm³/mol. The molecule has 0 saturated carbocycles. The standard InChI is InChI=1S/C20H17N5O3S2/c1-11-2-4-12(5-3-11)13-9-29-18-16(13)19(28)25(10-23-18)7-6-15(26)24-20-22-8-14(30-20)17(21)27/h2-5,8-10H,6-7H2,1H3,(H2,21,27)(H,22,24,26). The lowest BCUT2D eigenvalue weighted by Crippen LogP contribution is -2.23. The van der Waals surface area contributed by atoms with Crippen molar-refractivity contribution in [3.8, 4) is 11.1 Å². The van der Waals surface area contributed by atoms with Crippen LogP contribution in [0, 0.1) is 6.92 Å². The molecule has 0 bridgehead atoms. The van der Waals surface area contributed by atoms with E-state index < -0.39 is 5.91 Å². The SMILES string of the molecule is Cc1ccc(-c2csc3ncn(CCC(=O)Nc4ncc(C(N)=O)s4)c(=O)c23)cc1. The van der Waals surface area contributed by atoms with Crippen molar-refractivity contribution in [2.75, 3.05) is 5.32 Å². The van der Waals surface area contributed by atoms with Crippen LogP contribution >= 0.6 is 22.7 Å². The number of anilines is 1. The lowest BCUT2D eigenvalue weighted by atomic mass is 10.1. The highest BCUT2D eigenvalue weighted by Crippen LogP contribution is 2.30. The van der Waals surface area contributed by atoms with Crippen molar-refractivity contribution in [3.63, 3.8) is 0 Å². The molecule has 0 saturated heterocycles. The van der Waals surface area contributed by atoms with E-state index in [1.165, 1.54) is 28.4 Å². The summed E-state index contributed by atoms with van der Waals surface area (Å²) in [6.45, 7) is 2.18. The van der Waals surface area contributed by atoms with Crippen molar-refractivity contribution >= 4 is 49.8 Å². The monoisotopic (exact) mass is 439 g/mol. The van der Waals surface area contributed by atoms with Crippen LogP contribution < -0.4 is 16.6 Å². The van der Waals surface area contributed by atoms with Gasteiger partial charge in [-0.2, -0.15) is 0 Å². The first-order chi connectivity index (χ1) is 14.4. The summed E-state index contributed by atoms with van der Waals surface area (Å²) in [4.78, 5) is 45.6. The first-order valence-electron chi connectivity index (χ1n) is 9.01. The number of nitrogens with two attached hydrogens (primary N) is 1. The lowest BCUT2D eigenvalue weighted by molar-refractivity contribution is -0.116. The smallest absolute Gasteiger partial charge is 0.262 e. The number of carbonyl (C=O) groups is 2. The zero-order valence-corrected chi connectivity index (χ0v) is 17.5. The van der Waals surface area contributed by atoms with E-state index in [0.29, 0.717) is 10.2 Å². The maximum absolute atomic E-state index is 13.0. The van der Waals surface area contributed by atoms with Gasteiger partial charge in [0.25, 0.3) is 11.5 Å². The van der Waals surface area contributed by atoms with Crippen molar-refractivity contribution < 1.29 is 9.59 Å². The van der Waals surface area contributed by atoms with Crippen LogP contribution in [0.4, 0.5) is 5.13 Å². The number of nitrogens with zero attached hydrogens (tertiary/aromatic N) is 3. The van der Waals surface area contributed by atoms with Gasteiger partial charge in [0.2, 0.25) is 5.91 Å². The molecule has 4 aromatic rings. The second-order valence-corrected chi connectivity index (χ2v) is 8.52. The number of carbonyl (C=O) groups excluding carboxylic acids is 2. The number of hydrogen-bond acceptors (Lipinski definition) is 7. The van der Waals surface area contributed by atoms with Crippen LogP contribution in [0.2, 0.25) is 0 Å². The molecule has 152 valence electrons. The quantitative estimate of drug-likeness (QED) is 0.478. The Morgan fingerprint density at radius 2 is 1.97 bits per heavy atom. The Balaban J connectivity index is 1.53. The summed E-state index contributed by atoms with van der Waals surface area (Å²) >= 11 is 2.42. The molecule has 0 atom stereocenters. The number of amides is 2. The van der Waals surface area contributed by atoms with Gasteiger partial charge in [-0.25, -0.2) is 9.97 Å². The molecule has 2 amide bonds. The molecule has 1 aromatic carbocycles. The number of rotatable bonds is 6. The fourth-order valence-corrected chi connectivity index (χ4v) is 4.51. The van der Waals surface area contributed by atoms with Gasteiger partial charge in [0, 0.05) is 23.9 Å². The third-order valence-corrected chi connectivity index (χ3v) is 6.31. The van der Waals surface area contributed by atoms with E-state index in [1.807, 2.05) is 36.6 Å². The third kappa shape index (κ3) is 4.00. The van der Waals surface area contributed by atoms with E-state index in [-0.39, 0.29) is 34.4 Å². The zero-order valence-electron chi connectivity index (χ0n) is 15.9. The third-order valence-electron chi connectivity index (χ3n) is 4.50. The number of fused-ring (bicyclic) bond motifs is 1. The molecule has 0 spiro atoms. The summed E-state index contributed by atoms with van der Waals surface area (Å²) < 4.78 is 1.43. The van der Waals surface area contributed by atoms with Crippen molar-refractivity contribution in [2.45, 2.75) is 19.9 Å². The average Bonchev–Trinajstić information content (AvgIpc) is 3.36. The summed E-state index contributed by atoms with van der Waals surface area (Å²) in [7, 11) is 0. The normalized spacial score (nSPS) is 11.0. The fraction of sp³-hybridized carbons (Fsp3) is 0.150. The van der Waals surface area contributed by atoms with Crippen molar-refractivity contribution in [1.82, 2.24) is 14.5 Å². The van der Waals surface area contributed by atoms with E-state index in [4.69, 9.17) is 5.73 Å². The van der Waals surface area contributed by atoms with E-state index in [1.54, 1.807) is 0 Å². The summed E-state index contributed by atoms with van der Waals surface area (Å²) in [6, 6.07) is 7.96. The molecule has 4 rings (SSSR count). The molecule has 0 aliphatic heterocycles. The van der Waals surface area contributed by atoms with Crippen LogP contribution in [-0.2, 0) is 11.3 Å². The van der Waals surface area contributed by atoms with Gasteiger partial charge in [-0.3, -0.25) is 19.0 Å². The van der Waals surface area contributed by atoms with Crippen molar-refractivity contribution in [3.05, 3.63) is 63.0 Å². The molecule has 0 aliphatic rings. The maximum Gasteiger partial charge on any atom is 0.262 e. The Kier molecular flexibility index (Phi) is 5.42. The van der Waals surface area contributed by atoms with Crippen LogP contribution in [-0.4, -0.2) is 26.3 Å². The highest BCUT2D eigenvalue weighted by atomic mass is 32.1. The number of thiophene rings is 1. The zero-order chi connectivity index (χ0) is 21.3. The largest absolute Gasteiger partial charge is 0.365 e. The predicted octanol–water partition coefficient (Wildman–Crippen LogP) is 3.02. The molecule has 0 radical (unpaired) electrons. The Bertz CT molecular complexity index is 1300. The van der Waals surface area contributed by atoms with Gasteiger partial charge < -0.3 is 11.1 Å². The van der Waals surface area contributed by atoms with Crippen LogP contribution in [0.3, 0.4) is 0 Å². The second-order valence-electron chi connectivity index (χ2n) is 6.63. The van der Waals surface area contributed by atoms with Crippen LogP contribution in [0.1, 0.15) is 21.7 Å². The molecule has 0 unspecified atom stereocenters. The number of nitrogens with one attached hydrogen (secondary N) is 1. The Labute approximate surface area is 179 Å². The van der Waals surface area contributed by atoms with Gasteiger partial charge in [-0.15, -0.1) is 11.3 Å². The Morgan fingerprint density at radius 1 is 1.20 bits per heavy atom. The molecular formula is C20H17N5O3S2. The molecule has 0 aliphatic carbocycles. The fourth-order valence-electron chi connectivity index (χ4n) is 2.92. The van der Waals surface area contributed by atoms with Crippen molar-refractivity contribution in [1.29, 1.82) is 0 Å². The number of aryl methyl sites for hydroxylation is 2. The molecule has 8 nitrogen and oxygen atoms in total. The second kappa shape index (κ2) is 8.17. The van der Waals surface area contributed by atoms with Gasteiger partial charge in [0.1, 0.15) is 9.71 Å². The number of hydrogen-bond donors (Lipinski definition) is 2. The van der Waals surface area contributed by atoms with Gasteiger partial charge in [-0.05, 0) is 12.5 Å². The summed E-state index contributed by atoms with van der Waals surface area (Å²) in [5, 5.41) is 5.38. The van der Waals surface area contributed by atoms with E-state index in [2.05, 4.69) is 15.3 Å². The minimum atomic E-state index is -0.598. The number of thiazole rings is 1. The van der Waals surface area contributed by atoms with E-state index in [9.17, 15) is 14.4 Å². The Morgan fingerprint density at radius 3 is 2.67 bits per heavy atom. The van der Waals surface area contributed by atoms with Crippen LogP contribution in [0.5, 0.6) is 0 Å². The number of primary amides is 1. The van der Waals surface area contributed by atoms with Crippen molar-refractivity contribution in [2.24, 2.45) is 5.73 Å². The molecule has 30 heavy (non-hydrogen) atoms. The van der Waals surface area contributed by atoms with Crippen LogP contribution in [0.25, 0.3) is 21.3 Å². The molecule has 3 aromatic heterocycles. The first-order valence-corrected chi connectivity index (χ1v) is 10.7. The summed E-state index contributed by atoms with van der Waals surface area (Å²) in [5.41, 5.74) is 7.93. The summed E-state index contributed by atoms with van der Waals surface area (Å²) in [5.74, 6) is -0.921. The lowest BCUT2D eigenvalue weighted by Gasteiger charge is -2.06. The van der Waals surface area contributed by atoms with Crippen LogP contribution in [0.15, 0.2) is 47.0 Å². The minimum absolute atomic E-state index is 0.0581. The number of aromatic nitrogens is 3. The highest BCUT2D eigenvalue weighted by Gasteiger charge is 2.15. The van der Waals surface area contributed by atoms with Gasteiger partial charge in [0.05, 0.1) is 17.9 Å².